The molecule has 112 valence electrons. The Labute approximate surface area is 117 Å². The molecule has 0 amide bonds. The Hall–Kier alpha value is -0.130. The minimum atomic E-state index is -2.94. The van der Waals surface area contributed by atoms with E-state index in [0.29, 0.717) is 13.0 Å². The maximum absolute atomic E-state index is 11.7. The lowest BCUT2D eigenvalue weighted by Gasteiger charge is -2.41. The van der Waals surface area contributed by atoms with Crippen molar-refractivity contribution in [1.29, 1.82) is 0 Å². The average molecular weight is 289 g/mol. The van der Waals surface area contributed by atoms with Gasteiger partial charge in [-0.05, 0) is 38.5 Å². The van der Waals surface area contributed by atoms with E-state index in [0.717, 1.165) is 32.1 Å². The van der Waals surface area contributed by atoms with E-state index in [-0.39, 0.29) is 17.0 Å². The van der Waals surface area contributed by atoms with Crippen LogP contribution in [0.1, 0.15) is 57.8 Å². The van der Waals surface area contributed by atoms with Crippen LogP contribution in [0.5, 0.6) is 0 Å². The Balaban J connectivity index is 1.97. The first-order valence-corrected chi connectivity index (χ1v) is 9.47. The summed E-state index contributed by atoms with van der Waals surface area (Å²) in [6, 6.07) is 0. The van der Waals surface area contributed by atoms with E-state index in [1.165, 1.54) is 25.5 Å². The maximum atomic E-state index is 11.7. The minimum Gasteiger partial charge on any atom is -0.370 e. The van der Waals surface area contributed by atoms with Crippen molar-refractivity contribution in [3.8, 4) is 0 Å². The number of hydrogen-bond donors (Lipinski definition) is 1. The monoisotopic (exact) mass is 289 g/mol. The first kappa shape index (κ1) is 15.3. The molecule has 2 rings (SSSR count). The van der Waals surface area contributed by atoms with Gasteiger partial charge in [0.05, 0.1) is 17.0 Å². The van der Waals surface area contributed by atoms with Gasteiger partial charge in [0, 0.05) is 12.8 Å². The third kappa shape index (κ3) is 3.92. The lowest BCUT2D eigenvalue weighted by molar-refractivity contribution is -0.117. The third-order valence-corrected chi connectivity index (χ3v) is 6.38. The van der Waals surface area contributed by atoms with Crippen molar-refractivity contribution in [3.05, 3.63) is 0 Å². The van der Waals surface area contributed by atoms with Crippen LogP contribution < -0.4 is 5.73 Å². The number of sulfone groups is 1. The quantitative estimate of drug-likeness (QED) is 0.859. The largest absolute Gasteiger partial charge is 0.370 e. The predicted octanol–water partition coefficient (Wildman–Crippen LogP) is 2.02. The second kappa shape index (κ2) is 6.10. The summed E-state index contributed by atoms with van der Waals surface area (Å²) in [7, 11) is -2.94. The van der Waals surface area contributed by atoms with Crippen molar-refractivity contribution in [2.45, 2.75) is 74.7 Å². The minimum absolute atomic E-state index is 0.0788. The second-order valence-electron chi connectivity index (χ2n) is 6.31. The van der Waals surface area contributed by atoms with E-state index >= 15 is 0 Å². The van der Waals surface area contributed by atoms with Gasteiger partial charge in [-0.1, -0.05) is 19.3 Å². The molecule has 2 saturated carbocycles. The lowest BCUT2D eigenvalue weighted by Crippen LogP contribution is -2.47. The van der Waals surface area contributed by atoms with Crippen molar-refractivity contribution in [3.63, 3.8) is 0 Å². The van der Waals surface area contributed by atoms with Gasteiger partial charge in [0.1, 0.15) is 9.84 Å². The van der Waals surface area contributed by atoms with Crippen molar-refractivity contribution in [2.24, 2.45) is 5.73 Å². The summed E-state index contributed by atoms with van der Waals surface area (Å²) in [5.41, 5.74) is 5.75. The Morgan fingerprint density at radius 2 is 1.84 bits per heavy atom. The molecule has 2 atom stereocenters. The molecule has 2 unspecified atom stereocenters. The summed E-state index contributed by atoms with van der Waals surface area (Å²) in [5, 5.41) is -0.218. The van der Waals surface area contributed by atoms with Crippen LogP contribution in [0.25, 0.3) is 0 Å². The second-order valence-corrected chi connectivity index (χ2v) is 8.63. The molecule has 0 aromatic heterocycles. The van der Waals surface area contributed by atoms with E-state index in [2.05, 4.69) is 0 Å². The van der Waals surface area contributed by atoms with Crippen LogP contribution in [0.4, 0.5) is 0 Å². The molecule has 2 aliphatic carbocycles. The number of nitrogens with two attached hydrogens (primary N) is 1. The van der Waals surface area contributed by atoms with Crippen molar-refractivity contribution >= 4 is 9.84 Å². The molecule has 2 N–H and O–H groups in total. The van der Waals surface area contributed by atoms with Gasteiger partial charge in [-0.2, -0.15) is 0 Å². The van der Waals surface area contributed by atoms with E-state index in [1.807, 2.05) is 0 Å². The fourth-order valence-corrected chi connectivity index (χ4v) is 4.68. The van der Waals surface area contributed by atoms with Crippen LogP contribution in [0.3, 0.4) is 0 Å². The van der Waals surface area contributed by atoms with Gasteiger partial charge in [0.2, 0.25) is 0 Å². The van der Waals surface area contributed by atoms with E-state index in [4.69, 9.17) is 10.5 Å². The van der Waals surface area contributed by atoms with Gasteiger partial charge in [-0.3, -0.25) is 0 Å². The van der Waals surface area contributed by atoms with Gasteiger partial charge in [-0.15, -0.1) is 0 Å². The first-order valence-electron chi connectivity index (χ1n) is 7.52. The molecule has 19 heavy (non-hydrogen) atoms. The van der Waals surface area contributed by atoms with Crippen LogP contribution in [0.15, 0.2) is 0 Å². The summed E-state index contributed by atoms with van der Waals surface area (Å²) < 4.78 is 29.7. The van der Waals surface area contributed by atoms with Crippen LogP contribution in [-0.4, -0.2) is 38.2 Å². The standard InChI is InChI=1S/C14H27NO3S/c1-19(16,17)13-7-5-6-12(10-13)18-14(11-15)8-3-2-4-9-14/h12-13H,2-11,15H2,1H3. The van der Waals surface area contributed by atoms with Crippen LogP contribution in [0, 0.1) is 0 Å². The Kier molecular flexibility index (Phi) is 4.90. The van der Waals surface area contributed by atoms with Gasteiger partial charge in [0.15, 0.2) is 0 Å². The SMILES string of the molecule is CS(=O)(=O)C1CCCC(OC2(CN)CCCCC2)C1. The molecular formula is C14H27NO3S. The fraction of sp³-hybridized carbons (Fsp3) is 1.00. The predicted molar refractivity (Wildman–Crippen MR) is 76.8 cm³/mol. The summed E-state index contributed by atoms with van der Waals surface area (Å²) >= 11 is 0. The Morgan fingerprint density at radius 3 is 2.42 bits per heavy atom. The fourth-order valence-electron chi connectivity index (χ4n) is 3.52. The molecule has 0 bridgehead atoms. The van der Waals surface area contributed by atoms with Gasteiger partial charge < -0.3 is 10.5 Å². The molecule has 0 aromatic rings. The average Bonchev–Trinajstić information content (AvgIpc) is 2.39. The molecule has 2 fully saturated rings. The van der Waals surface area contributed by atoms with Crippen molar-refractivity contribution in [1.82, 2.24) is 0 Å². The van der Waals surface area contributed by atoms with E-state index < -0.39 is 9.84 Å². The van der Waals surface area contributed by atoms with Crippen LogP contribution >= 0.6 is 0 Å². The molecule has 0 aliphatic heterocycles. The molecule has 0 saturated heterocycles. The number of rotatable bonds is 4. The Bertz CT molecular complexity index is 387. The molecule has 4 nitrogen and oxygen atoms in total. The van der Waals surface area contributed by atoms with Crippen LogP contribution in [-0.2, 0) is 14.6 Å². The van der Waals surface area contributed by atoms with Gasteiger partial charge >= 0.3 is 0 Å². The summed E-state index contributed by atoms with van der Waals surface area (Å²) in [5.74, 6) is 0. The number of hydrogen-bond acceptors (Lipinski definition) is 4. The molecule has 0 radical (unpaired) electrons. The topological polar surface area (TPSA) is 69.4 Å². The zero-order valence-electron chi connectivity index (χ0n) is 11.9. The third-order valence-electron chi connectivity index (χ3n) is 4.74. The van der Waals surface area contributed by atoms with Crippen molar-refractivity contribution in [2.75, 3.05) is 12.8 Å². The molecule has 0 aromatic carbocycles. The van der Waals surface area contributed by atoms with Gasteiger partial charge in [0.25, 0.3) is 0 Å². The molecular weight excluding hydrogens is 262 g/mol. The van der Waals surface area contributed by atoms with Crippen molar-refractivity contribution < 1.29 is 13.2 Å². The lowest BCUT2D eigenvalue weighted by atomic mass is 9.84. The zero-order valence-corrected chi connectivity index (χ0v) is 12.8. The first-order chi connectivity index (χ1) is 8.95. The van der Waals surface area contributed by atoms with Crippen LogP contribution in [0.2, 0.25) is 0 Å². The molecule has 0 spiro atoms. The molecule has 0 heterocycles. The highest BCUT2D eigenvalue weighted by Gasteiger charge is 2.37. The maximum Gasteiger partial charge on any atom is 0.150 e. The smallest absolute Gasteiger partial charge is 0.150 e. The number of ether oxygens (including phenoxy) is 1. The highest BCUT2D eigenvalue weighted by Crippen LogP contribution is 2.35. The van der Waals surface area contributed by atoms with Gasteiger partial charge in [-0.25, -0.2) is 8.42 Å². The summed E-state index contributed by atoms with van der Waals surface area (Å²) in [6.45, 7) is 0.563. The zero-order chi connectivity index (χ0) is 13.9. The summed E-state index contributed by atoms with van der Waals surface area (Å²) in [6.07, 6.45) is 10.5. The highest BCUT2D eigenvalue weighted by molar-refractivity contribution is 7.91. The normalized spacial score (nSPS) is 32.1. The van der Waals surface area contributed by atoms with E-state index in [9.17, 15) is 8.42 Å². The summed E-state index contributed by atoms with van der Waals surface area (Å²) in [4.78, 5) is 0. The molecule has 2 aliphatic rings. The van der Waals surface area contributed by atoms with E-state index in [1.54, 1.807) is 0 Å². The Morgan fingerprint density at radius 1 is 1.16 bits per heavy atom. The molecule has 5 heteroatoms. The highest BCUT2D eigenvalue weighted by atomic mass is 32.2.